The number of esters is 1. The zero-order chi connectivity index (χ0) is 22.5. The molecule has 0 bridgehead atoms. The second kappa shape index (κ2) is 9.77. The number of carbonyl (C=O) groups is 2. The molecular weight excluding hydrogens is 405 g/mol. The van der Waals surface area contributed by atoms with Crippen LogP contribution in [0.1, 0.15) is 35.6 Å². The van der Waals surface area contributed by atoms with Gasteiger partial charge >= 0.3 is 5.97 Å². The van der Waals surface area contributed by atoms with E-state index in [1.165, 1.54) is 24.8 Å². The molecule has 5 heteroatoms. The van der Waals surface area contributed by atoms with Gasteiger partial charge in [-0.1, -0.05) is 54.6 Å². The molecule has 0 unspecified atom stereocenters. The molecule has 164 valence electrons. The van der Waals surface area contributed by atoms with E-state index in [-0.39, 0.29) is 36.1 Å². The fourth-order valence-corrected chi connectivity index (χ4v) is 4.34. The Kier molecular flexibility index (Phi) is 6.64. The molecule has 1 amide bonds. The van der Waals surface area contributed by atoms with E-state index in [4.69, 9.17) is 4.74 Å². The number of carbonyl (C=O) groups excluding carboxylic acids is 2. The van der Waals surface area contributed by atoms with Crippen LogP contribution in [0.5, 0.6) is 0 Å². The van der Waals surface area contributed by atoms with Crippen LogP contribution in [0, 0.1) is 11.7 Å². The van der Waals surface area contributed by atoms with E-state index >= 15 is 0 Å². The summed E-state index contributed by atoms with van der Waals surface area (Å²) in [5.74, 6) is -0.684. The highest BCUT2D eigenvalue weighted by Gasteiger charge is 2.48. The molecule has 3 aromatic carbocycles. The van der Waals surface area contributed by atoms with Gasteiger partial charge in [0.25, 0.3) is 0 Å². The number of aryl methyl sites for hydroxylation is 1. The van der Waals surface area contributed by atoms with E-state index in [0.29, 0.717) is 5.69 Å². The number of benzene rings is 3. The molecule has 1 aliphatic rings. The standard InChI is InChI=1S/C27H26FNO3/c1-32-25(30)18-20-10-12-21(13-11-20)26-24(9-5-8-19-6-3-2-4-7-19)27(31)29(26)23-16-14-22(28)15-17-23/h2-4,6-7,10-17,24,26H,5,8-9,18H2,1H3/t24-,26-/m1/s1. The smallest absolute Gasteiger partial charge is 0.309 e. The van der Waals surface area contributed by atoms with Crippen LogP contribution in [-0.4, -0.2) is 19.0 Å². The summed E-state index contributed by atoms with van der Waals surface area (Å²) in [6.45, 7) is 0. The molecule has 4 rings (SSSR count). The van der Waals surface area contributed by atoms with Crippen molar-refractivity contribution in [3.63, 3.8) is 0 Å². The van der Waals surface area contributed by atoms with Gasteiger partial charge in [0.2, 0.25) is 5.91 Å². The van der Waals surface area contributed by atoms with E-state index in [2.05, 4.69) is 12.1 Å². The maximum atomic E-state index is 13.4. The van der Waals surface area contributed by atoms with Crippen molar-refractivity contribution in [3.05, 3.63) is 101 Å². The number of methoxy groups -OCH3 is 1. The van der Waals surface area contributed by atoms with Gasteiger partial charge in [-0.3, -0.25) is 9.59 Å². The summed E-state index contributed by atoms with van der Waals surface area (Å²) in [5.41, 5.74) is 3.82. The van der Waals surface area contributed by atoms with Crippen molar-refractivity contribution in [2.24, 2.45) is 5.92 Å². The predicted octanol–water partition coefficient (Wildman–Crippen LogP) is 5.27. The number of anilines is 1. The van der Waals surface area contributed by atoms with Gasteiger partial charge < -0.3 is 9.64 Å². The minimum Gasteiger partial charge on any atom is -0.469 e. The van der Waals surface area contributed by atoms with Crippen LogP contribution in [0.3, 0.4) is 0 Å². The third-order valence-corrected chi connectivity index (χ3v) is 6.04. The van der Waals surface area contributed by atoms with Crippen molar-refractivity contribution in [2.75, 3.05) is 12.0 Å². The van der Waals surface area contributed by atoms with Gasteiger partial charge in [-0.15, -0.1) is 0 Å². The van der Waals surface area contributed by atoms with Crippen molar-refractivity contribution in [3.8, 4) is 0 Å². The summed E-state index contributed by atoms with van der Waals surface area (Å²) >= 11 is 0. The molecule has 1 saturated heterocycles. The average molecular weight is 432 g/mol. The minimum atomic E-state index is -0.329. The van der Waals surface area contributed by atoms with Crippen molar-refractivity contribution < 1.29 is 18.7 Å². The van der Waals surface area contributed by atoms with Crippen LogP contribution < -0.4 is 4.90 Å². The molecule has 4 nitrogen and oxygen atoms in total. The monoisotopic (exact) mass is 431 g/mol. The molecule has 1 fully saturated rings. The largest absolute Gasteiger partial charge is 0.469 e. The Morgan fingerprint density at radius 2 is 1.62 bits per heavy atom. The Balaban J connectivity index is 1.53. The highest BCUT2D eigenvalue weighted by atomic mass is 19.1. The lowest BCUT2D eigenvalue weighted by Crippen LogP contribution is -2.55. The topological polar surface area (TPSA) is 46.6 Å². The van der Waals surface area contributed by atoms with Crippen LogP contribution in [0.25, 0.3) is 0 Å². The Hall–Kier alpha value is -3.47. The summed E-state index contributed by atoms with van der Waals surface area (Å²) in [7, 11) is 1.37. The molecule has 2 atom stereocenters. The molecule has 1 aliphatic heterocycles. The van der Waals surface area contributed by atoms with Crippen LogP contribution in [0.2, 0.25) is 0 Å². The maximum Gasteiger partial charge on any atom is 0.309 e. The van der Waals surface area contributed by atoms with Gasteiger partial charge in [0.1, 0.15) is 5.82 Å². The van der Waals surface area contributed by atoms with E-state index in [0.717, 1.165) is 30.4 Å². The van der Waals surface area contributed by atoms with E-state index < -0.39 is 0 Å². The van der Waals surface area contributed by atoms with Gasteiger partial charge in [-0.25, -0.2) is 4.39 Å². The zero-order valence-corrected chi connectivity index (χ0v) is 18.0. The number of rotatable bonds is 8. The van der Waals surface area contributed by atoms with E-state index in [1.54, 1.807) is 17.0 Å². The summed E-state index contributed by atoms with van der Waals surface area (Å²) < 4.78 is 18.2. The van der Waals surface area contributed by atoms with Gasteiger partial charge in [-0.2, -0.15) is 0 Å². The van der Waals surface area contributed by atoms with E-state index in [9.17, 15) is 14.0 Å². The quantitative estimate of drug-likeness (QED) is 0.361. The first-order chi connectivity index (χ1) is 15.6. The van der Waals surface area contributed by atoms with Crippen LogP contribution >= 0.6 is 0 Å². The normalized spacial score (nSPS) is 17.7. The second-order valence-electron chi connectivity index (χ2n) is 8.11. The molecule has 0 saturated carbocycles. The van der Waals surface area contributed by atoms with Gasteiger partial charge in [0, 0.05) is 5.69 Å². The number of hydrogen-bond donors (Lipinski definition) is 0. The van der Waals surface area contributed by atoms with E-state index in [1.807, 2.05) is 42.5 Å². The summed E-state index contributed by atoms with van der Waals surface area (Å²) in [6.07, 6.45) is 2.82. The first-order valence-electron chi connectivity index (χ1n) is 10.8. The van der Waals surface area contributed by atoms with Crippen LogP contribution in [-0.2, 0) is 27.2 Å². The summed E-state index contributed by atoms with van der Waals surface area (Å²) in [4.78, 5) is 26.4. The fraction of sp³-hybridized carbons (Fsp3) is 0.259. The summed E-state index contributed by atoms with van der Waals surface area (Å²) in [6, 6.07) is 23.9. The zero-order valence-electron chi connectivity index (χ0n) is 18.0. The highest BCUT2D eigenvalue weighted by molar-refractivity contribution is 6.03. The number of β-lactam (4-membered cyclic amide) rings is 1. The van der Waals surface area contributed by atoms with Crippen molar-refractivity contribution in [1.82, 2.24) is 0 Å². The lowest BCUT2D eigenvalue weighted by Gasteiger charge is -2.47. The molecule has 32 heavy (non-hydrogen) atoms. The van der Waals surface area contributed by atoms with Crippen LogP contribution in [0.15, 0.2) is 78.9 Å². The number of ether oxygens (including phenoxy) is 1. The van der Waals surface area contributed by atoms with Crippen molar-refractivity contribution in [2.45, 2.75) is 31.7 Å². The molecule has 0 N–H and O–H groups in total. The molecule has 0 aliphatic carbocycles. The highest BCUT2D eigenvalue weighted by Crippen LogP contribution is 2.45. The third-order valence-electron chi connectivity index (χ3n) is 6.04. The Morgan fingerprint density at radius 1 is 0.938 bits per heavy atom. The Morgan fingerprint density at radius 3 is 2.28 bits per heavy atom. The lowest BCUT2D eigenvalue weighted by atomic mass is 9.78. The minimum absolute atomic E-state index is 0.0632. The maximum absolute atomic E-state index is 13.4. The Labute approximate surface area is 187 Å². The van der Waals surface area contributed by atoms with Gasteiger partial charge in [0.05, 0.1) is 25.5 Å². The molecule has 0 aromatic heterocycles. The third kappa shape index (κ3) is 4.72. The van der Waals surface area contributed by atoms with Gasteiger partial charge in [0.15, 0.2) is 0 Å². The second-order valence-corrected chi connectivity index (χ2v) is 8.11. The average Bonchev–Trinajstić information content (AvgIpc) is 2.82. The number of nitrogens with zero attached hydrogens (tertiary/aromatic N) is 1. The first-order valence-corrected chi connectivity index (χ1v) is 10.8. The lowest BCUT2D eigenvalue weighted by molar-refractivity contribution is -0.139. The Bertz CT molecular complexity index is 1060. The first kappa shape index (κ1) is 21.8. The SMILES string of the molecule is COC(=O)Cc1ccc([C@@H]2[C@@H](CCCc3ccccc3)C(=O)N2c2ccc(F)cc2)cc1. The molecule has 3 aromatic rings. The molecule has 0 radical (unpaired) electrons. The van der Waals surface area contributed by atoms with Crippen molar-refractivity contribution in [1.29, 1.82) is 0 Å². The van der Waals surface area contributed by atoms with Crippen molar-refractivity contribution >= 4 is 17.6 Å². The number of hydrogen-bond acceptors (Lipinski definition) is 3. The number of amides is 1. The molecule has 1 heterocycles. The van der Waals surface area contributed by atoms with Crippen LogP contribution in [0.4, 0.5) is 10.1 Å². The molecule has 0 spiro atoms. The number of halogens is 1. The fourth-order valence-electron chi connectivity index (χ4n) is 4.34. The summed E-state index contributed by atoms with van der Waals surface area (Å²) in [5, 5.41) is 0. The predicted molar refractivity (Wildman–Crippen MR) is 122 cm³/mol. The van der Waals surface area contributed by atoms with Gasteiger partial charge in [-0.05, 0) is 60.2 Å². The molecular formula is C27H26FNO3.